The number of rotatable bonds is 5. The van der Waals surface area contributed by atoms with Gasteiger partial charge in [0, 0.05) is 18.3 Å². The standard InChI is InChI=1S/C8H15NOS/c1-2-7(1)9-3-4-11-8-5-10-6-8/h7-9H,1-6H2. The van der Waals surface area contributed by atoms with Crippen LogP contribution in [0.4, 0.5) is 0 Å². The molecule has 2 aliphatic rings. The Morgan fingerprint density at radius 3 is 2.73 bits per heavy atom. The number of thioether (sulfide) groups is 1. The molecule has 0 aromatic heterocycles. The fourth-order valence-corrected chi connectivity index (χ4v) is 2.04. The number of nitrogens with one attached hydrogen (secondary N) is 1. The molecule has 0 unspecified atom stereocenters. The van der Waals surface area contributed by atoms with Crippen LogP contribution in [0.15, 0.2) is 0 Å². The Hall–Kier alpha value is 0.270. The Balaban J connectivity index is 1.40. The molecule has 0 amide bonds. The molecule has 3 heteroatoms. The summed E-state index contributed by atoms with van der Waals surface area (Å²) in [7, 11) is 0. The predicted octanol–water partition coefficient (Wildman–Crippen LogP) is 0.870. The molecule has 1 N–H and O–H groups in total. The topological polar surface area (TPSA) is 21.3 Å². The first-order chi connectivity index (χ1) is 5.45. The SMILES string of the molecule is C(CSC1COC1)NC1CC1. The van der Waals surface area contributed by atoms with Gasteiger partial charge in [-0.2, -0.15) is 11.8 Å². The maximum Gasteiger partial charge on any atom is 0.0607 e. The van der Waals surface area contributed by atoms with Crippen LogP contribution in [0.25, 0.3) is 0 Å². The molecule has 0 bridgehead atoms. The predicted molar refractivity (Wildman–Crippen MR) is 48.1 cm³/mol. The summed E-state index contributed by atoms with van der Waals surface area (Å²) in [5.41, 5.74) is 0. The zero-order valence-corrected chi connectivity index (χ0v) is 7.53. The van der Waals surface area contributed by atoms with Crippen LogP contribution in [0.3, 0.4) is 0 Å². The summed E-state index contributed by atoms with van der Waals surface area (Å²) in [4.78, 5) is 0. The molecule has 1 aliphatic carbocycles. The third kappa shape index (κ3) is 2.65. The van der Waals surface area contributed by atoms with E-state index in [1.165, 1.54) is 25.1 Å². The molecule has 2 fully saturated rings. The third-order valence-corrected chi connectivity index (χ3v) is 3.26. The van der Waals surface area contributed by atoms with Crippen molar-refractivity contribution in [2.45, 2.75) is 24.1 Å². The Labute approximate surface area is 72.1 Å². The van der Waals surface area contributed by atoms with Crippen molar-refractivity contribution < 1.29 is 4.74 Å². The van der Waals surface area contributed by atoms with Crippen LogP contribution in [0, 0.1) is 0 Å². The van der Waals surface area contributed by atoms with E-state index in [9.17, 15) is 0 Å². The first-order valence-electron chi connectivity index (χ1n) is 4.38. The highest BCUT2D eigenvalue weighted by Gasteiger charge is 2.21. The molecular weight excluding hydrogens is 158 g/mol. The Morgan fingerprint density at radius 2 is 2.18 bits per heavy atom. The lowest BCUT2D eigenvalue weighted by Crippen LogP contribution is -2.31. The van der Waals surface area contributed by atoms with E-state index >= 15 is 0 Å². The lowest BCUT2D eigenvalue weighted by molar-refractivity contribution is 0.0455. The van der Waals surface area contributed by atoms with Gasteiger partial charge in [-0.25, -0.2) is 0 Å². The van der Waals surface area contributed by atoms with Gasteiger partial charge in [-0.1, -0.05) is 0 Å². The van der Waals surface area contributed by atoms with Crippen molar-refractivity contribution in [2.24, 2.45) is 0 Å². The Morgan fingerprint density at radius 1 is 1.36 bits per heavy atom. The minimum atomic E-state index is 0.802. The molecule has 1 heterocycles. The molecule has 11 heavy (non-hydrogen) atoms. The van der Waals surface area contributed by atoms with E-state index in [2.05, 4.69) is 5.32 Å². The third-order valence-electron chi connectivity index (χ3n) is 2.07. The summed E-state index contributed by atoms with van der Waals surface area (Å²) >= 11 is 2.05. The van der Waals surface area contributed by atoms with Crippen molar-refractivity contribution in [1.82, 2.24) is 5.32 Å². The van der Waals surface area contributed by atoms with Crippen molar-refractivity contribution in [3.63, 3.8) is 0 Å². The maximum atomic E-state index is 5.08. The fourth-order valence-electron chi connectivity index (χ4n) is 1.09. The van der Waals surface area contributed by atoms with Crippen LogP contribution in [-0.4, -0.2) is 36.8 Å². The normalized spacial score (nSPS) is 25.1. The summed E-state index contributed by atoms with van der Waals surface area (Å²) < 4.78 is 5.08. The summed E-state index contributed by atoms with van der Waals surface area (Å²) in [6.45, 7) is 3.15. The lowest BCUT2D eigenvalue weighted by atomic mass is 10.4. The molecule has 0 atom stereocenters. The van der Waals surface area contributed by atoms with E-state index in [-0.39, 0.29) is 0 Å². The summed E-state index contributed by atoms with van der Waals surface area (Å²) in [5, 5.41) is 4.30. The summed E-state index contributed by atoms with van der Waals surface area (Å²) in [6.07, 6.45) is 2.80. The Bertz CT molecular complexity index is 123. The molecule has 0 spiro atoms. The van der Waals surface area contributed by atoms with Gasteiger partial charge >= 0.3 is 0 Å². The molecule has 0 radical (unpaired) electrons. The van der Waals surface area contributed by atoms with Crippen LogP contribution in [0.1, 0.15) is 12.8 Å². The molecule has 2 rings (SSSR count). The summed E-state index contributed by atoms with van der Waals surface area (Å²) in [6, 6.07) is 0.869. The van der Waals surface area contributed by atoms with Crippen molar-refractivity contribution in [2.75, 3.05) is 25.5 Å². The van der Waals surface area contributed by atoms with Gasteiger partial charge in [-0.05, 0) is 12.8 Å². The second-order valence-corrected chi connectivity index (χ2v) is 4.67. The minimum Gasteiger partial charge on any atom is -0.379 e. The van der Waals surface area contributed by atoms with Crippen LogP contribution in [0.5, 0.6) is 0 Å². The van der Waals surface area contributed by atoms with E-state index < -0.39 is 0 Å². The fraction of sp³-hybridized carbons (Fsp3) is 1.00. The van der Waals surface area contributed by atoms with Gasteiger partial charge < -0.3 is 10.1 Å². The smallest absolute Gasteiger partial charge is 0.0607 e. The molecule has 0 aromatic rings. The molecule has 1 aliphatic heterocycles. The zero-order valence-electron chi connectivity index (χ0n) is 6.71. The first-order valence-corrected chi connectivity index (χ1v) is 5.43. The zero-order chi connectivity index (χ0) is 7.52. The summed E-state index contributed by atoms with van der Waals surface area (Å²) in [5.74, 6) is 1.25. The van der Waals surface area contributed by atoms with Gasteiger partial charge in [0.25, 0.3) is 0 Å². The minimum absolute atomic E-state index is 0.802. The van der Waals surface area contributed by atoms with E-state index in [4.69, 9.17) is 4.74 Å². The van der Waals surface area contributed by atoms with Gasteiger partial charge in [0.1, 0.15) is 0 Å². The van der Waals surface area contributed by atoms with Crippen molar-refractivity contribution in [1.29, 1.82) is 0 Å². The molecule has 0 aromatic carbocycles. The van der Waals surface area contributed by atoms with Gasteiger partial charge in [0.05, 0.1) is 18.5 Å². The highest BCUT2D eigenvalue weighted by atomic mass is 32.2. The maximum absolute atomic E-state index is 5.08. The average Bonchev–Trinajstić information content (AvgIpc) is 2.66. The van der Waals surface area contributed by atoms with Crippen LogP contribution >= 0.6 is 11.8 Å². The van der Waals surface area contributed by atoms with Gasteiger partial charge in [0.2, 0.25) is 0 Å². The highest BCUT2D eigenvalue weighted by molar-refractivity contribution is 8.00. The van der Waals surface area contributed by atoms with Gasteiger partial charge in [-0.3, -0.25) is 0 Å². The number of ether oxygens (including phenoxy) is 1. The monoisotopic (exact) mass is 173 g/mol. The van der Waals surface area contributed by atoms with E-state index in [0.29, 0.717) is 0 Å². The quantitative estimate of drug-likeness (QED) is 0.623. The second-order valence-electron chi connectivity index (χ2n) is 3.26. The van der Waals surface area contributed by atoms with E-state index in [0.717, 1.165) is 24.5 Å². The molecular formula is C8H15NOS. The van der Waals surface area contributed by atoms with Crippen LogP contribution in [0.2, 0.25) is 0 Å². The first kappa shape index (κ1) is 7.90. The second kappa shape index (κ2) is 3.78. The molecule has 1 saturated heterocycles. The average molecular weight is 173 g/mol. The van der Waals surface area contributed by atoms with Gasteiger partial charge in [0.15, 0.2) is 0 Å². The van der Waals surface area contributed by atoms with Crippen LogP contribution in [-0.2, 0) is 4.74 Å². The van der Waals surface area contributed by atoms with Crippen LogP contribution < -0.4 is 5.32 Å². The van der Waals surface area contributed by atoms with Crippen molar-refractivity contribution >= 4 is 11.8 Å². The van der Waals surface area contributed by atoms with Crippen molar-refractivity contribution in [3.05, 3.63) is 0 Å². The highest BCUT2D eigenvalue weighted by Crippen LogP contribution is 2.20. The van der Waals surface area contributed by atoms with E-state index in [1.807, 2.05) is 11.8 Å². The molecule has 64 valence electrons. The molecule has 1 saturated carbocycles. The van der Waals surface area contributed by atoms with Gasteiger partial charge in [-0.15, -0.1) is 0 Å². The largest absolute Gasteiger partial charge is 0.379 e. The van der Waals surface area contributed by atoms with Crippen molar-refractivity contribution in [3.8, 4) is 0 Å². The van der Waals surface area contributed by atoms with E-state index in [1.54, 1.807) is 0 Å². The number of hydrogen-bond acceptors (Lipinski definition) is 3. The molecule has 2 nitrogen and oxygen atoms in total. The lowest BCUT2D eigenvalue weighted by Gasteiger charge is -2.25. The Kier molecular flexibility index (Phi) is 2.72. The number of hydrogen-bond donors (Lipinski definition) is 1.